The molecule has 0 aliphatic heterocycles. The Bertz CT molecular complexity index is 83.3. The molecule has 0 heterocycles. The van der Waals surface area contributed by atoms with Crippen LogP contribution >= 0.6 is 0 Å². The molecule has 0 amide bonds. The number of hydrogen-bond donors (Lipinski definition) is 8. The van der Waals surface area contributed by atoms with Gasteiger partial charge >= 0.3 is 0 Å². The zero-order chi connectivity index (χ0) is 16.0. The SMILES string of the molecule is C.C.C.C.C.C.C.C.C.C.C.C.C.C.C.C.C.C.C.C.C.C.C.C.C.C.C.C.C.C.C.C.C.C.C.C.C.C.C.C.C.C.C.C.C.C.C.C.C.C.C.C.C.C.C.C.C.C.C.C.[2HH].[2H]N.[2H]N.[2H]N.[2H]N.[2H]N.[2H]N.[2H]N.[2H]N.[Pa]. The van der Waals surface area contributed by atoms with Crippen LogP contribution in [0.5, 0.6) is 0 Å². The minimum atomic E-state index is 0. The normalized spacial score (nSPS) is 0.812. The molecule has 0 fully saturated rings. The third-order valence-corrected chi connectivity index (χ3v) is 0. The molecule has 0 aliphatic rings. The van der Waals surface area contributed by atoms with Crippen molar-refractivity contribution in [2.75, 3.05) is 0 Å². The van der Waals surface area contributed by atoms with Gasteiger partial charge in [-0.15, -0.1) is 0 Å². The molecule has 0 aromatic rings. The van der Waals surface area contributed by atoms with Crippen LogP contribution in [0.2, 0.25) is 11.3 Å². The van der Waals surface area contributed by atoms with Crippen molar-refractivity contribution < 1.29 is 45.0 Å². The van der Waals surface area contributed by atoms with Crippen LogP contribution in [0.15, 0.2) is 0 Å². The van der Waals surface area contributed by atoms with Crippen LogP contribution in [-0.4, -0.2) is 0 Å². The van der Waals surface area contributed by atoms with E-state index in [4.69, 9.17) is 11.3 Å². The third-order valence-electron chi connectivity index (χ3n) is 0. The van der Waals surface area contributed by atoms with Crippen molar-refractivity contribution in [1.29, 1.82) is 0 Å². The fraction of sp³-hybridized carbons (Fsp3) is 1.00. The summed E-state index contributed by atoms with van der Waals surface area (Å²) in [6.45, 7) is 0. The van der Waals surface area contributed by atoms with Crippen LogP contribution in [0.4, 0.5) is 0 Å². The second kappa shape index (κ2) is 531000. The maximum atomic E-state index is 5.25. The molecule has 549 valence electrons. The number of hydrogen-bond acceptors (Lipinski definition) is 8. The van der Waals surface area contributed by atoms with Crippen molar-refractivity contribution in [1.82, 2.24) is 49.1 Å². The van der Waals surface area contributed by atoms with Gasteiger partial charge in [-0.25, -0.2) is 0 Å². The summed E-state index contributed by atoms with van der Waals surface area (Å²) in [5, 5.41) is 0. The molecule has 69 heavy (non-hydrogen) atoms. The molecule has 0 rings (SSSR count). The summed E-state index contributed by atoms with van der Waals surface area (Å²) in [4.78, 5) is 0. The van der Waals surface area contributed by atoms with E-state index in [1.807, 2.05) is 0 Å². The molecule has 0 bridgehead atoms. The van der Waals surface area contributed by atoms with Gasteiger partial charge < -0.3 is 49.1 Å². The summed E-state index contributed by atoms with van der Waals surface area (Å²) in [6.07, 6.45) is 30.0. The first-order chi connectivity index (χ1) is 8.00. The third kappa shape index (κ3) is 516000. The van der Waals surface area contributed by atoms with Crippen molar-refractivity contribution in [3.63, 3.8) is 0 Å². The molecule has 0 saturated heterocycles. The van der Waals surface area contributed by atoms with Gasteiger partial charge in [-0.3, -0.25) is 0 Å². The molecule has 0 saturated carbocycles. The zero-order valence-corrected chi connectivity index (χ0v) is 10.0. The fourth-order valence-corrected chi connectivity index (χ4v) is 0. The Morgan fingerprint density at radius 1 is 0.0870 bits per heavy atom. The average Bonchev–Trinajstić information content (AvgIpc) is 2.54. The Morgan fingerprint density at radius 2 is 0.0870 bits per heavy atom. The van der Waals surface area contributed by atoms with Crippen molar-refractivity contribution in [2.24, 2.45) is 0 Å². The van der Waals surface area contributed by atoms with Gasteiger partial charge in [-0.2, -0.15) is 0 Å². The second-order valence-electron chi connectivity index (χ2n) is 0. The Hall–Kier alpha value is 0.771. The molecular weight excluding hydrogens is 1060 g/mol. The Balaban J connectivity index is -0.000000000124. The first-order valence-electron chi connectivity index (χ1n) is 4.62. The molecule has 0 spiro atoms. The first-order valence-corrected chi connectivity index (χ1v) is 0. The van der Waals surface area contributed by atoms with E-state index in [2.05, 4.69) is 49.1 Å². The molecule has 0 aliphatic carbocycles. The summed E-state index contributed by atoms with van der Waals surface area (Å²) < 4.78 is 42.0. The molecule has 0 unspecified atom stereocenters. The predicted octanol–water partition coefficient (Wildman–Crippen LogP) is 39.7. The summed E-state index contributed by atoms with van der Waals surface area (Å²) in [6, 6.07) is 0. The van der Waals surface area contributed by atoms with Gasteiger partial charge in [0.25, 0.3) is 0 Å². The van der Waals surface area contributed by atoms with Gasteiger partial charge in [-0.05, 0) is 0 Å². The van der Waals surface area contributed by atoms with E-state index >= 15 is 0 Å². The van der Waals surface area contributed by atoms with Crippen molar-refractivity contribution in [3.8, 4) is 0 Å². The molecule has 0 atom stereocenters. The standard InChI is InChI=1S/60CH4.8H3N.Pa.H2/h60*1H4;8*1H3;;1H/i;;;;;;;;;;;;;;;;;;;;;;;;;;;;;;;;;;;;;;;;;;;;;;;;;;;;;;;;;;;;;;;;;;;;;1+1/hD8. The summed E-state index contributed by atoms with van der Waals surface area (Å²) in [7, 11) is 0. The van der Waals surface area contributed by atoms with Crippen molar-refractivity contribution in [3.05, 3.63) is 0 Å². The first kappa shape index (κ1) is 4290. The zero-order valence-electron chi connectivity index (χ0n) is 13.2. The summed E-state index contributed by atoms with van der Waals surface area (Å²) in [5.74, 6) is 0. The van der Waals surface area contributed by atoms with Crippen molar-refractivity contribution in [2.45, 2.75) is 446 Å². The van der Waals surface area contributed by atoms with Crippen LogP contribution in [0, 0.1) is 32.3 Å². The fourth-order valence-electron chi connectivity index (χ4n) is 0. The van der Waals surface area contributed by atoms with E-state index in [-0.39, 0.29) is 479 Å². The Kier molecular flexibility index (Phi) is 33000000. The monoisotopic (exact) mass is 1340 g/mol. The van der Waals surface area contributed by atoms with Gasteiger partial charge in [-0.1, -0.05) is 446 Å². The molecule has 8 nitrogen and oxygen atoms in total. The Labute approximate surface area is 537 Å². The van der Waals surface area contributed by atoms with Gasteiger partial charge in [0.15, 0.2) is 0 Å². The summed E-state index contributed by atoms with van der Waals surface area (Å²) in [5.41, 5.74) is 0. The smallest absolute Gasteiger partial charge is 0.115 e. The maximum Gasteiger partial charge on any atom is 0.115 e. The summed E-state index contributed by atoms with van der Waals surface area (Å²) >= 11 is 0. The van der Waals surface area contributed by atoms with Crippen LogP contribution in [0.1, 0.15) is 447 Å². The molecule has 9 heteroatoms. The predicted molar refractivity (Wildman–Crippen MR) is 446 cm³/mol. The van der Waals surface area contributed by atoms with Gasteiger partial charge in [0, 0.05) is 33.7 Å². The number of rotatable bonds is 0. The van der Waals surface area contributed by atoms with Crippen LogP contribution in [0.25, 0.3) is 0 Å². The quantitative estimate of drug-likeness (QED) is 0.115. The van der Waals surface area contributed by atoms with Gasteiger partial charge in [0.2, 0.25) is 0 Å². The van der Waals surface area contributed by atoms with E-state index in [9.17, 15) is 0 Å². The van der Waals surface area contributed by atoms with Gasteiger partial charge in [0.1, 0.15) is 11.3 Å². The van der Waals surface area contributed by atoms with E-state index in [1.165, 1.54) is 0 Å². The minimum Gasteiger partial charge on any atom is -0.344 e. The van der Waals surface area contributed by atoms with Crippen LogP contribution < -0.4 is 49.1 Å². The molecule has 0 aromatic carbocycles. The maximum absolute atomic E-state index is 5.25. The van der Waals surface area contributed by atoms with Crippen LogP contribution in [0.3, 0.4) is 0 Å². The molecular formula is C60H266N8Pa. The second-order valence-corrected chi connectivity index (χ2v) is 0. The van der Waals surface area contributed by atoms with E-state index in [1.54, 1.807) is 0 Å². The average molecular weight is 1340 g/mol. The molecule has 0 aromatic heterocycles. The molecule has 24 N–H and O–H groups in total. The Morgan fingerprint density at radius 3 is 0.0870 bits per heavy atom. The largest absolute Gasteiger partial charge is 0.344 e. The van der Waals surface area contributed by atoms with E-state index < -0.39 is 0 Å². The van der Waals surface area contributed by atoms with E-state index in [0.717, 1.165) is 0 Å². The van der Waals surface area contributed by atoms with Gasteiger partial charge in [0.05, 0.1) is 0 Å². The minimum absolute atomic E-state index is 0. The van der Waals surface area contributed by atoms with E-state index in [0.29, 0.717) is 0 Å². The van der Waals surface area contributed by atoms with Crippen molar-refractivity contribution >= 4 is 0 Å². The molecule has 1 radical (unpaired) electrons. The topological polar surface area (TPSA) is 280 Å². The van der Waals surface area contributed by atoms with Crippen LogP contribution in [-0.2, 0) is 0 Å².